The summed E-state index contributed by atoms with van der Waals surface area (Å²) in [7, 11) is 4.03. The molecule has 0 saturated heterocycles. The molecule has 616 valence electrons. The summed E-state index contributed by atoms with van der Waals surface area (Å²) in [5, 5.41) is 9.66. The monoisotopic (exact) mass is 1610 g/mol. The number of carbonyl (C=O) groups is 10. The van der Waals surface area contributed by atoms with E-state index < -0.39 is 111 Å². The normalized spacial score (nSPS) is 15.4. The molecule has 0 radical (unpaired) electrons. The Kier molecular flexibility index (Phi) is 30.0. The highest BCUT2D eigenvalue weighted by molar-refractivity contribution is 6.07. The summed E-state index contributed by atoms with van der Waals surface area (Å²) in [5.41, 5.74) is 9.39. The average Bonchev–Trinajstić information content (AvgIpc) is 1.59. The lowest BCUT2D eigenvalue weighted by Gasteiger charge is -2.31. The minimum atomic E-state index is -1.26. The van der Waals surface area contributed by atoms with Gasteiger partial charge in [-0.2, -0.15) is 4.58 Å². The number of carboxylic acids is 1. The van der Waals surface area contributed by atoms with Crippen molar-refractivity contribution in [1.82, 2.24) is 24.5 Å². The molecule has 8 aromatic rings. The third-order valence-corrected chi connectivity index (χ3v) is 21.3. The number of rotatable bonds is 32. The van der Waals surface area contributed by atoms with Crippen molar-refractivity contribution in [3.8, 4) is 5.75 Å². The van der Waals surface area contributed by atoms with E-state index in [1.807, 2.05) is 85.3 Å². The first-order valence-electron chi connectivity index (χ1n) is 39.9. The van der Waals surface area contributed by atoms with Crippen LogP contribution in [0.2, 0.25) is 0 Å². The van der Waals surface area contributed by atoms with Crippen LogP contribution in [-0.2, 0) is 86.7 Å². The minimum absolute atomic E-state index is 0.205. The van der Waals surface area contributed by atoms with Crippen LogP contribution < -0.4 is 9.64 Å². The second-order valence-corrected chi connectivity index (χ2v) is 30.0. The summed E-state index contributed by atoms with van der Waals surface area (Å²) in [5.74, 6) is -2.40. The molecule has 0 saturated carbocycles. The first kappa shape index (κ1) is 86.4. The number of aliphatic carboxylic acids is 1. The number of amides is 10. The molecule has 2 atom stereocenters. The first-order valence-corrected chi connectivity index (χ1v) is 39.9. The number of nitrogens with zero attached hydrogens (tertiary/aromatic N) is 7. The Hall–Kier alpha value is -13.5. The van der Waals surface area contributed by atoms with Gasteiger partial charge < -0.3 is 38.4 Å². The number of carbonyl (C=O) groups excluding carboxylic acids is 9. The molecule has 0 aromatic heterocycles. The Balaban J connectivity index is 0.850. The van der Waals surface area contributed by atoms with Gasteiger partial charge in [0.15, 0.2) is 5.71 Å². The predicted octanol–water partition coefficient (Wildman–Crippen LogP) is 18.1. The molecular formula is C95H100N7O17+. The van der Waals surface area contributed by atoms with Gasteiger partial charge in [-0.25, -0.2) is 53.3 Å². The molecule has 0 fully saturated rings. The standard InChI is InChI=1S/C95H99N7O17/c1-68(50-57-86(106)107)102(93(113)118-67-73-40-21-11-22-41-73)88(108)101(92(112)117-66-72-38-19-10-20-39-72)61-31-59-99(90(110)115-64-70-34-15-8-16-35-70)84(104)56-55-83(103)98(89(109)114-63-69-32-13-7-14-33-69)58-30-60-100(91(111)116-65-71-36-17-9-18-37-71)85(105)62-95(4)78-47-26-28-49-80(78)97(6)82(95)54-52-75-43-29-42-74(87(75)119-76-44-23-12-24-45-76)51-53-81-94(2,3)77-46-25-27-48-79(77)96(81)5/h7-28,32-41,44-49,51-54,68H,29-31,42-43,50,55-67H2,1-6H3/p+1. The Bertz CT molecular complexity index is 5090. The molecule has 2 aliphatic heterocycles. The second kappa shape index (κ2) is 41.4. The highest BCUT2D eigenvalue weighted by atomic mass is 16.6. The van der Waals surface area contributed by atoms with Crippen LogP contribution in [0.15, 0.2) is 277 Å². The molecule has 8 aromatic carbocycles. The van der Waals surface area contributed by atoms with Crippen molar-refractivity contribution in [3.05, 3.63) is 316 Å². The number of urea groups is 1. The highest BCUT2D eigenvalue weighted by Gasteiger charge is 2.49. The molecule has 1 N–H and O–H groups in total. The van der Waals surface area contributed by atoms with Crippen molar-refractivity contribution in [2.75, 3.05) is 45.2 Å². The van der Waals surface area contributed by atoms with E-state index in [-0.39, 0.29) is 70.7 Å². The molecule has 0 bridgehead atoms. The van der Waals surface area contributed by atoms with E-state index in [0.717, 1.165) is 67.9 Å². The third-order valence-electron chi connectivity index (χ3n) is 21.3. The summed E-state index contributed by atoms with van der Waals surface area (Å²) in [4.78, 5) is 150. The summed E-state index contributed by atoms with van der Waals surface area (Å²) in [6.45, 7) is 4.36. The number of imide groups is 5. The van der Waals surface area contributed by atoms with E-state index in [1.54, 1.807) is 146 Å². The van der Waals surface area contributed by atoms with Gasteiger partial charge in [-0.15, -0.1) is 0 Å². The van der Waals surface area contributed by atoms with Crippen molar-refractivity contribution < 1.29 is 86.0 Å². The van der Waals surface area contributed by atoms with Gasteiger partial charge in [0.25, 0.3) is 0 Å². The van der Waals surface area contributed by atoms with E-state index in [9.17, 15) is 48.3 Å². The molecule has 2 heterocycles. The number of hydrogen-bond donors (Lipinski definition) is 1. The largest absolute Gasteiger partial charge is 0.481 e. The summed E-state index contributed by atoms with van der Waals surface area (Å²) < 4.78 is 37.5. The number of ether oxygens (including phenoxy) is 6. The van der Waals surface area contributed by atoms with E-state index in [4.69, 9.17) is 28.4 Å². The molecule has 119 heavy (non-hydrogen) atoms. The van der Waals surface area contributed by atoms with Crippen molar-refractivity contribution >= 4 is 77.3 Å². The smallest absolute Gasteiger partial charge is 0.418 e. The molecule has 24 heteroatoms. The molecule has 11 rings (SSSR count). The summed E-state index contributed by atoms with van der Waals surface area (Å²) in [6.07, 6.45) is 1.92. The van der Waals surface area contributed by atoms with Crippen LogP contribution in [0.4, 0.5) is 40.1 Å². The van der Waals surface area contributed by atoms with E-state index >= 15 is 4.79 Å². The topological polar surface area (TPSA) is 269 Å². The fourth-order valence-corrected chi connectivity index (χ4v) is 14.9. The lowest BCUT2D eigenvalue weighted by atomic mass is 9.76. The number of hydrogen-bond acceptors (Lipinski definition) is 17. The van der Waals surface area contributed by atoms with Crippen molar-refractivity contribution in [1.29, 1.82) is 0 Å². The fraction of sp³-hybridized carbons (Fsp3) is 0.295. The van der Waals surface area contributed by atoms with E-state index in [2.05, 4.69) is 68.3 Å². The maximum Gasteiger partial charge on any atom is 0.418 e. The number of allylic oxidation sites excluding steroid dienone is 7. The molecular weight excluding hydrogens is 1510 g/mol. The van der Waals surface area contributed by atoms with Crippen LogP contribution in [0.1, 0.15) is 131 Å². The second-order valence-electron chi connectivity index (χ2n) is 30.0. The summed E-state index contributed by atoms with van der Waals surface area (Å²) in [6, 6.07) is 66.6. The quantitative estimate of drug-likeness (QED) is 0.0303. The van der Waals surface area contributed by atoms with Crippen LogP contribution in [0.5, 0.6) is 5.75 Å². The van der Waals surface area contributed by atoms with Gasteiger partial charge in [-0.1, -0.05) is 226 Å². The Morgan fingerprint density at radius 1 is 0.471 bits per heavy atom. The van der Waals surface area contributed by atoms with Crippen molar-refractivity contribution in [2.24, 2.45) is 0 Å². The molecule has 24 nitrogen and oxygen atoms in total. The molecule has 3 aliphatic rings. The lowest BCUT2D eigenvalue weighted by molar-refractivity contribution is -0.401. The van der Waals surface area contributed by atoms with Crippen LogP contribution in [0, 0.1) is 0 Å². The van der Waals surface area contributed by atoms with Gasteiger partial charge in [-0.05, 0) is 127 Å². The Morgan fingerprint density at radius 2 is 0.874 bits per heavy atom. The number of anilines is 1. The average molecular weight is 1610 g/mol. The van der Waals surface area contributed by atoms with E-state index in [0.29, 0.717) is 54.7 Å². The zero-order chi connectivity index (χ0) is 84.4. The van der Waals surface area contributed by atoms with Crippen LogP contribution in [0.3, 0.4) is 0 Å². The van der Waals surface area contributed by atoms with Crippen LogP contribution in [-0.4, -0.2) is 146 Å². The third kappa shape index (κ3) is 22.6. The van der Waals surface area contributed by atoms with Crippen molar-refractivity contribution in [2.45, 2.75) is 142 Å². The number of likely N-dealkylation sites (N-methyl/N-ethyl adjacent to an activating group) is 1. The Morgan fingerprint density at radius 3 is 1.34 bits per heavy atom. The zero-order valence-electron chi connectivity index (χ0n) is 67.9. The van der Waals surface area contributed by atoms with Gasteiger partial charge in [0.05, 0.1) is 5.41 Å². The van der Waals surface area contributed by atoms with Crippen LogP contribution in [0.25, 0.3) is 0 Å². The zero-order valence-corrected chi connectivity index (χ0v) is 67.9. The number of benzene rings is 8. The highest BCUT2D eigenvalue weighted by Crippen LogP contribution is 2.48. The number of carboxylic acid groups (broad SMARTS) is 1. The van der Waals surface area contributed by atoms with Crippen LogP contribution >= 0.6 is 0 Å². The predicted molar refractivity (Wildman–Crippen MR) is 447 cm³/mol. The van der Waals surface area contributed by atoms with E-state index in [1.165, 1.54) is 12.5 Å². The van der Waals surface area contributed by atoms with Crippen molar-refractivity contribution in [3.63, 3.8) is 0 Å². The van der Waals surface area contributed by atoms with Gasteiger partial charge >= 0.3 is 42.5 Å². The molecule has 1 aliphatic carbocycles. The SMILES string of the molecule is CC(CCC(=O)O)N(C(=O)OCc1ccccc1)C(=O)N(CCCN(C(=O)CCC(=O)N(CCCN(C(=O)CC1(C)C(/C=C/C2=C(Oc3ccccc3)C(=C/C=C3/N(C)c4ccccc4C3(C)C)/CCC2)=[N+](C)c2ccccc21)C(=O)OCc1ccccc1)C(=O)OCc1ccccc1)C(=O)OCc1ccccc1)C(=O)OCc1ccccc1. The van der Waals surface area contributed by atoms with Gasteiger partial charge in [0.2, 0.25) is 23.4 Å². The lowest BCUT2D eigenvalue weighted by Crippen LogP contribution is -2.53. The molecule has 2 unspecified atom stereocenters. The van der Waals surface area contributed by atoms with Gasteiger partial charge in [0.1, 0.15) is 51.6 Å². The number of para-hydroxylation sites is 3. The van der Waals surface area contributed by atoms with Gasteiger partial charge in [-0.3, -0.25) is 19.2 Å². The maximum atomic E-state index is 15.6. The molecule has 0 spiro atoms. The molecule has 10 amide bonds. The first-order chi connectivity index (χ1) is 57.5. The number of fused-ring (bicyclic) bond motifs is 2. The Labute approximate surface area is 693 Å². The summed E-state index contributed by atoms with van der Waals surface area (Å²) >= 11 is 0. The van der Waals surface area contributed by atoms with Gasteiger partial charge in [0, 0.05) is 99.5 Å². The maximum absolute atomic E-state index is 15.6. The minimum Gasteiger partial charge on any atom is -0.481 e. The fourth-order valence-electron chi connectivity index (χ4n) is 14.9.